The SMILES string of the molecule is CC(C)(C)OC(=O)NCc1ccccc1NCc1ccc(Br)cc1F. The van der Waals surface area contributed by atoms with Gasteiger partial charge in [-0.1, -0.05) is 40.2 Å². The van der Waals surface area contributed by atoms with E-state index in [0.29, 0.717) is 23.1 Å². The summed E-state index contributed by atoms with van der Waals surface area (Å²) in [4.78, 5) is 11.8. The Kier molecular flexibility index (Phi) is 6.42. The van der Waals surface area contributed by atoms with Gasteiger partial charge in [-0.2, -0.15) is 0 Å². The van der Waals surface area contributed by atoms with E-state index in [1.807, 2.05) is 45.0 Å². The third-order valence-corrected chi connectivity index (χ3v) is 3.82. The molecule has 2 N–H and O–H groups in total. The highest BCUT2D eigenvalue weighted by molar-refractivity contribution is 9.10. The first-order chi connectivity index (χ1) is 11.7. The number of hydrogen-bond acceptors (Lipinski definition) is 3. The highest BCUT2D eigenvalue weighted by Crippen LogP contribution is 2.19. The van der Waals surface area contributed by atoms with E-state index in [1.54, 1.807) is 12.1 Å². The third-order valence-electron chi connectivity index (χ3n) is 3.32. The molecule has 1 amide bonds. The van der Waals surface area contributed by atoms with E-state index in [0.717, 1.165) is 11.3 Å². The van der Waals surface area contributed by atoms with Crippen molar-refractivity contribution in [2.24, 2.45) is 0 Å². The van der Waals surface area contributed by atoms with Crippen LogP contribution in [0, 0.1) is 5.82 Å². The van der Waals surface area contributed by atoms with Gasteiger partial charge in [0.05, 0.1) is 0 Å². The minimum atomic E-state index is -0.541. The zero-order chi connectivity index (χ0) is 18.4. The maximum atomic E-state index is 13.9. The van der Waals surface area contributed by atoms with Crippen LogP contribution in [0.15, 0.2) is 46.9 Å². The molecule has 0 aliphatic carbocycles. The van der Waals surface area contributed by atoms with Crippen LogP contribution in [0.2, 0.25) is 0 Å². The highest BCUT2D eigenvalue weighted by atomic mass is 79.9. The second kappa shape index (κ2) is 8.34. The highest BCUT2D eigenvalue weighted by Gasteiger charge is 2.16. The van der Waals surface area contributed by atoms with Crippen LogP contribution in [0.5, 0.6) is 0 Å². The molecule has 6 heteroatoms. The van der Waals surface area contributed by atoms with Gasteiger partial charge in [0.15, 0.2) is 0 Å². The quantitative estimate of drug-likeness (QED) is 0.712. The Morgan fingerprint density at radius 2 is 1.84 bits per heavy atom. The zero-order valence-corrected chi connectivity index (χ0v) is 16.1. The molecule has 25 heavy (non-hydrogen) atoms. The monoisotopic (exact) mass is 408 g/mol. The molecule has 2 aromatic carbocycles. The van der Waals surface area contributed by atoms with Gasteiger partial charge in [0, 0.05) is 28.8 Å². The molecule has 0 aliphatic heterocycles. The summed E-state index contributed by atoms with van der Waals surface area (Å²) >= 11 is 3.25. The largest absolute Gasteiger partial charge is 0.444 e. The maximum Gasteiger partial charge on any atom is 0.407 e. The average molecular weight is 409 g/mol. The van der Waals surface area contributed by atoms with Crippen molar-refractivity contribution in [3.8, 4) is 0 Å². The van der Waals surface area contributed by atoms with Crippen LogP contribution in [0.4, 0.5) is 14.9 Å². The average Bonchev–Trinajstić information content (AvgIpc) is 2.51. The summed E-state index contributed by atoms with van der Waals surface area (Å²) in [6.45, 7) is 6.11. The molecule has 0 saturated heterocycles. The molecular weight excluding hydrogens is 387 g/mol. The number of alkyl carbamates (subject to hydrolysis) is 1. The molecule has 2 aromatic rings. The lowest BCUT2D eigenvalue weighted by Gasteiger charge is -2.20. The van der Waals surface area contributed by atoms with E-state index in [4.69, 9.17) is 4.74 Å². The molecule has 0 atom stereocenters. The topological polar surface area (TPSA) is 50.4 Å². The van der Waals surface area contributed by atoms with Crippen LogP contribution in [0.25, 0.3) is 0 Å². The van der Waals surface area contributed by atoms with Gasteiger partial charge in [0.1, 0.15) is 11.4 Å². The summed E-state index contributed by atoms with van der Waals surface area (Å²) in [7, 11) is 0. The number of anilines is 1. The maximum absolute atomic E-state index is 13.9. The van der Waals surface area contributed by atoms with Gasteiger partial charge in [0.2, 0.25) is 0 Å². The van der Waals surface area contributed by atoms with E-state index in [9.17, 15) is 9.18 Å². The molecule has 0 heterocycles. The Balaban J connectivity index is 1.99. The fourth-order valence-electron chi connectivity index (χ4n) is 2.18. The number of halogens is 2. The normalized spacial score (nSPS) is 11.1. The third kappa shape index (κ3) is 6.38. The van der Waals surface area contributed by atoms with Crippen molar-refractivity contribution in [2.75, 3.05) is 5.32 Å². The molecule has 0 aliphatic rings. The van der Waals surface area contributed by atoms with Crippen LogP contribution >= 0.6 is 15.9 Å². The van der Waals surface area contributed by atoms with Crippen molar-refractivity contribution in [1.82, 2.24) is 5.32 Å². The van der Waals surface area contributed by atoms with E-state index < -0.39 is 11.7 Å². The molecule has 0 saturated carbocycles. The fourth-order valence-corrected chi connectivity index (χ4v) is 2.52. The molecule has 0 bridgehead atoms. The predicted octanol–water partition coefficient (Wildman–Crippen LogP) is 5.23. The second-order valence-electron chi connectivity index (χ2n) is 6.60. The van der Waals surface area contributed by atoms with Crippen molar-refractivity contribution in [1.29, 1.82) is 0 Å². The van der Waals surface area contributed by atoms with E-state index in [2.05, 4.69) is 26.6 Å². The van der Waals surface area contributed by atoms with Crippen LogP contribution in [-0.2, 0) is 17.8 Å². The van der Waals surface area contributed by atoms with E-state index in [-0.39, 0.29) is 5.82 Å². The molecule has 0 radical (unpaired) electrons. The lowest BCUT2D eigenvalue weighted by atomic mass is 10.1. The number of carbonyl (C=O) groups is 1. The summed E-state index contributed by atoms with van der Waals surface area (Å²) in [6.07, 6.45) is -0.471. The number of rotatable bonds is 5. The van der Waals surface area contributed by atoms with Crippen LogP contribution in [0.3, 0.4) is 0 Å². The van der Waals surface area contributed by atoms with Gasteiger partial charge in [0.25, 0.3) is 0 Å². The first kappa shape index (κ1) is 19.2. The minimum Gasteiger partial charge on any atom is -0.444 e. The molecule has 0 unspecified atom stereocenters. The number of amides is 1. The molecule has 134 valence electrons. The van der Waals surface area contributed by atoms with E-state index >= 15 is 0 Å². The van der Waals surface area contributed by atoms with Crippen LogP contribution < -0.4 is 10.6 Å². The molecule has 0 fully saturated rings. The summed E-state index contributed by atoms with van der Waals surface area (Å²) in [6, 6.07) is 12.5. The van der Waals surface area contributed by atoms with Crippen LogP contribution in [0.1, 0.15) is 31.9 Å². The zero-order valence-electron chi connectivity index (χ0n) is 14.5. The molecule has 0 spiro atoms. The fraction of sp³-hybridized carbons (Fsp3) is 0.316. The smallest absolute Gasteiger partial charge is 0.407 e. The number of ether oxygens (including phenoxy) is 1. The van der Waals surface area contributed by atoms with Crippen LogP contribution in [-0.4, -0.2) is 11.7 Å². The van der Waals surface area contributed by atoms with Gasteiger partial charge in [-0.15, -0.1) is 0 Å². The Morgan fingerprint density at radius 3 is 2.52 bits per heavy atom. The summed E-state index contributed by atoms with van der Waals surface area (Å²) in [5, 5.41) is 5.95. The van der Waals surface area contributed by atoms with Gasteiger partial charge < -0.3 is 15.4 Å². The van der Waals surface area contributed by atoms with Crippen molar-refractivity contribution in [3.63, 3.8) is 0 Å². The lowest BCUT2D eigenvalue weighted by Crippen LogP contribution is -2.32. The Morgan fingerprint density at radius 1 is 1.12 bits per heavy atom. The first-order valence-corrected chi connectivity index (χ1v) is 8.76. The molecule has 2 rings (SSSR count). The van der Waals surface area contributed by atoms with Gasteiger partial charge in [-0.05, 0) is 44.5 Å². The molecular formula is C19H22BrFN2O2. The van der Waals surface area contributed by atoms with Gasteiger partial charge in [-0.3, -0.25) is 0 Å². The number of benzene rings is 2. The second-order valence-corrected chi connectivity index (χ2v) is 7.52. The number of para-hydroxylation sites is 1. The number of carbonyl (C=O) groups excluding carboxylic acids is 1. The molecule has 4 nitrogen and oxygen atoms in total. The van der Waals surface area contributed by atoms with Crippen molar-refractivity contribution < 1.29 is 13.9 Å². The summed E-state index contributed by atoms with van der Waals surface area (Å²) in [5.74, 6) is -0.272. The Hall–Kier alpha value is -2.08. The van der Waals surface area contributed by atoms with Crippen molar-refractivity contribution >= 4 is 27.7 Å². The Bertz CT molecular complexity index is 744. The van der Waals surface area contributed by atoms with Crippen molar-refractivity contribution in [2.45, 2.75) is 39.5 Å². The van der Waals surface area contributed by atoms with Gasteiger partial charge in [-0.25, -0.2) is 9.18 Å². The number of hydrogen-bond donors (Lipinski definition) is 2. The van der Waals surface area contributed by atoms with Crippen molar-refractivity contribution in [3.05, 3.63) is 63.9 Å². The lowest BCUT2D eigenvalue weighted by molar-refractivity contribution is 0.0523. The number of nitrogens with one attached hydrogen (secondary N) is 2. The standard InChI is InChI=1S/C19H22BrFN2O2/c1-19(2,3)25-18(24)23-12-14-6-4-5-7-17(14)22-11-13-8-9-15(20)10-16(13)21/h4-10,22H,11-12H2,1-3H3,(H,23,24). The molecule has 0 aromatic heterocycles. The predicted molar refractivity (Wildman–Crippen MR) is 101 cm³/mol. The van der Waals surface area contributed by atoms with Gasteiger partial charge >= 0.3 is 6.09 Å². The Labute approximate surface area is 155 Å². The van der Waals surface area contributed by atoms with E-state index in [1.165, 1.54) is 6.07 Å². The summed E-state index contributed by atoms with van der Waals surface area (Å²) in [5.41, 5.74) is 1.76. The summed E-state index contributed by atoms with van der Waals surface area (Å²) < 4.78 is 19.9. The minimum absolute atomic E-state index is 0.272. The first-order valence-electron chi connectivity index (χ1n) is 7.97.